The van der Waals surface area contributed by atoms with Gasteiger partial charge in [-0.15, -0.1) is 6.58 Å². The summed E-state index contributed by atoms with van der Waals surface area (Å²) in [5.41, 5.74) is 7.52. The number of benzene rings is 1. The third kappa shape index (κ3) is 3.20. The van der Waals surface area contributed by atoms with Crippen molar-refractivity contribution in [1.82, 2.24) is 0 Å². The summed E-state index contributed by atoms with van der Waals surface area (Å²) in [5.74, 6) is -2.89. The molecule has 0 fully saturated rings. The lowest BCUT2D eigenvalue weighted by Gasteiger charge is -2.23. The van der Waals surface area contributed by atoms with E-state index in [-0.39, 0.29) is 18.9 Å². The number of carbonyl (C=O) groups is 3. The van der Waals surface area contributed by atoms with Crippen LogP contribution in [-0.2, 0) is 29.5 Å². The molecule has 1 atom stereocenters. The van der Waals surface area contributed by atoms with Gasteiger partial charge in [0, 0.05) is 5.56 Å². The molecule has 26 heavy (non-hydrogen) atoms. The van der Waals surface area contributed by atoms with Crippen LogP contribution in [0.1, 0.15) is 25.8 Å². The van der Waals surface area contributed by atoms with E-state index in [1.807, 2.05) is 0 Å². The van der Waals surface area contributed by atoms with Crippen molar-refractivity contribution in [2.45, 2.75) is 25.9 Å². The van der Waals surface area contributed by atoms with Gasteiger partial charge in [-0.25, -0.2) is 9.69 Å². The molecule has 1 aromatic rings. The SMILES string of the molecule is C=CCCOC1(C)C(=O)N(C(=O)C(=[N+]=[N-])C(=O)OCC)c2ccccc21. The molecule has 0 saturated carbocycles. The topological polar surface area (TPSA) is 109 Å². The quantitative estimate of drug-likeness (QED) is 0.140. The molecule has 0 bridgehead atoms. The average molecular weight is 357 g/mol. The first-order valence-electron chi connectivity index (χ1n) is 8.04. The number of esters is 1. The van der Waals surface area contributed by atoms with Crippen LogP contribution in [0.5, 0.6) is 0 Å². The largest absolute Gasteiger partial charge is 0.463 e. The first-order valence-corrected chi connectivity index (χ1v) is 8.04. The molecule has 136 valence electrons. The number of hydrogen-bond acceptors (Lipinski definition) is 5. The van der Waals surface area contributed by atoms with Crippen molar-refractivity contribution in [1.29, 1.82) is 0 Å². The fourth-order valence-electron chi connectivity index (χ4n) is 2.67. The highest BCUT2D eigenvalue weighted by Gasteiger charge is 2.54. The van der Waals surface area contributed by atoms with Crippen molar-refractivity contribution < 1.29 is 28.6 Å². The molecule has 1 aromatic carbocycles. The number of hydrogen-bond donors (Lipinski definition) is 0. The zero-order valence-electron chi connectivity index (χ0n) is 14.6. The number of imide groups is 1. The minimum Gasteiger partial charge on any atom is -0.457 e. The van der Waals surface area contributed by atoms with Gasteiger partial charge < -0.3 is 15.0 Å². The number of para-hydroxylation sites is 1. The Morgan fingerprint density at radius 3 is 2.69 bits per heavy atom. The number of ether oxygens (including phenoxy) is 2. The van der Waals surface area contributed by atoms with E-state index in [0.29, 0.717) is 12.0 Å². The third-order valence-corrected chi connectivity index (χ3v) is 3.96. The van der Waals surface area contributed by atoms with Crippen molar-refractivity contribution in [3.05, 3.63) is 48.0 Å². The minimum absolute atomic E-state index is 0.0158. The maximum absolute atomic E-state index is 13.0. The molecule has 8 heteroatoms. The van der Waals surface area contributed by atoms with E-state index in [9.17, 15) is 14.4 Å². The van der Waals surface area contributed by atoms with Crippen LogP contribution in [0.15, 0.2) is 36.9 Å². The van der Waals surface area contributed by atoms with Gasteiger partial charge in [-0.3, -0.25) is 9.59 Å². The van der Waals surface area contributed by atoms with Gasteiger partial charge in [0.05, 0.1) is 18.9 Å². The first kappa shape index (κ1) is 19.2. The van der Waals surface area contributed by atoms with Gasteiger partial charge in [-0.1, -0.05) is 24.3 Å². The van der Waals surface area contributed by atoms with Crippen LogP contribution in [-0.4, -0.2) is 41.5 Å². The van der Waals surface area contributed by atoms with Gasteiger partial charge in [-0.05, 0) is 26.3 Å². The summed E-state index contributed by atoms with van der Waals surface area (Å²) >= 11 is 0. The van der Waals surface area contributed by atoms with Crippen LogP contribution in [0.25, 0.3) is 5.53 Å². The molecule has 0 saturated heterocycles. The molecule has 2 rings (SSSR count). The van der Waals surface area contributed by atoms with Crippen LogP contribution >= 0.6 is 0 Å². The first-order chi connectivity index (χ1) is 12.4. The van der Waals surface area contributed by atoms with Crippen molar-refractivity contribution in [3.8, 4) is 0 Å². The molecule has 0 N–H and O–H groups in total. The third-order valence-electron chi connectivity index (χ3n) is 3.96. The molecular weight excluding hydrogens is 338 g/mol. The highest BCUT2D eigenvalue weighted by Crippen LogP contribution is 2.42. The molecule has 1 aliphatic rings. The zero-order valence-corrected chi connectivity index (χ0v) is 14.6. The van der Waals surface area contributed by atoms with Gasteiger partial charge in [-0.2, -0.15) is 4.79 Å². The highest BCUT2D eigenvalue weighted by atomic mass is 16.5. The lowest BCUT2D eigenvalue weighted by Crippen LogP contribution is -2.48. The molecule has 8 nitrogen and oxygen atoms in total. The van der Waals surface area contributed by atoms with Crippen LogP contribution in [0.2, 0.25) is 0 Å². The van der Waals surface area contributed by atoms with Crippen LogP contribution in [0.3, 0.4) is 0 Å². The second-order valence-electron chi connectivity index (χ2n) is 5.59. The van der Waals surface area contributed by atoms with E-state index < -0.39 is 29.1 Å². The molecule has 1 heterocycles. The van der Waals surface area contributed by atoms with E-state index in [4.69, 9.17) is 15.0 Å². The highest BCUT2D eigenvalue weighted by molar-refractivity contribution is 6.66. The summed E-state index contributed by atoms with van der Waals surface area (Å²) in [6, 6.07) is 6.56. The van der Waals surface area contributed by atoms with Gasteiger partial charge in [0.2, 0.25) is 0 Å². The van der Waals surface area contributed by atoms with E-state index in [2.05, 4.69) is 11.4 Å². The van der Waals surface area contributed by atoms with Gasteiger partial charge in [0.25, 0.3) is 5.91 Å². The summed E-state index contributed by atoms with van der Waals surface area (Å²) in [6.07, 6.45) is 2.17. The van der Waals surface area contributed by atoms with E-state index in [1.54, 1.807) is 37.3 Å². The van der Waals surface area contributed by atoms with Crippen molar-refractivity contribution in [2.75, 3.05) is 18.1 Å². The summed E-state index contributed by atoms with van der Waals surface area (Å²) in [5, 5.41) is 0. The Kier molecular flexibility index (Phi) is 5.82. The van der Waals surface area contributed by atoms with E-state index >= 15 is 0 Å². The van der Waals surface area contributed by atoms with Crippen LogP contribution in [0.4, 0.5) is 5.69 Å². The van der Waals surface area contributed by atoms with E-state index in [1.165, 1.54) is 6.92 Å². The number of carbonyl (C=O) groups excluding carboxylic acids is 3. The van der Waals surface area contributed by atoms with Crippen LogP contribution in [0, 0.1) is 0 Å². The number of rotatable bonds is 7. The maximum atomic E-state index is 13.0. The van der Waals surface area contributed by atoms with Gasteiger partial charge in [0.1, 0.15) is 0 Å². The zero-order chi connectivity index (χ0) is 19.3. The number of anilines is 1. The number of fused-ring (bicyclic) bond motifs is 1. The number of amides is 2. The normalized spacial score (nSPS) is 18.1. The minimum atomic E-state index is -1.41. The summed E-state index contributed by atoms with van der Waals surface area (Å²) in [4.78, 5) is 41.1. The molecule has 0 radical (unpaired) electrons. The monoisotopic (exact) mass is 357 g/mol. The average Bonchev–Trinajstić information content (AvgIpc) is 2.84. The van der Waals surface area contributed by atoms with Gasteiger partial charge >= 0.3 is 17.6 Å². The van der Waals surface area contributed by atoms with Crippen molar-refractivity contribution in [2.24, 2.45) is 0 Å². The number of nitrogens with zero attached hydrogens (tertiary/aromatic N) is 3. The predicted octanol–water partition coefficient (Wildman–Crippen LogP) is 1.60. The summed E-state index contributed by atoms with van der Waals surface area (Å²) in [7, 11) is 0. The lowest BCUT2D eigenvalue weighted by molar-refractivity contribution is -0.144. The van der Waals surface area contributed by atoms with Crippen LogP contribution < -0.4 is 4.90 Å². The molecule has 0 spiro atoms. The Bertz CT molecular complexity index is 813. The Balaban J connectivity index is 2.46. The second-order valence-corrected chi connectivity index (χ2v) is 5.59. The second kappa shape index (κ2) is 7.86. The van der Waals surface area contributed by atoms with Gasteiger partial charge in [0.15, 0.2) is 5.60 Å². The fraction of sp³-hybridized carbons (Fsp3) is 0.333. The summed E-state index contributed by atoms with van der Waals surface area (Å²) in [6.45, 7) is 6.89. The molecule has 2 amide bonds. The molecule has 0 aliphatic carbocycles. The Labute approximate surface area is 150 Å². The Morgan fingerprint density at radius 1 is 1.38 bits per heavy atom. The molecule has 1 unspecified atom stereocenters. The molecule has 1 aliphatic heterocycles. The summed E-state index contributed by atoms with van der Waals surface area (Å²) < 4.78 is 10.4. The Morgan fingerprint density at radius 2 is 2.08 bits per heavy atom. The Hall–Kier alpha value is -3.09. The fourth-order valence-corrected chi connectivity index (χ4v) is 2.67. The predicted molar refractivity (Wildman–Crippen MR) is 92.3 cm³/mol. The molecule has 0 aromatic heterocycles. The standard InChI is InChI=1S/C18H19N3O5/c1-4-6-11-26-18(3)12-9-7-8-10-13(12)21(17(18)24)15(22)14(20-19)16(23)25-5-2/h4,7-10H,1,5-6,11H2,2-3H3. The maximum Gasteiger partial charge on any atom is 0.463 e. The van der Waals surface area contributed by atoms with E-state index in [0.717, 1.165) is 4.90 Å². The van der Waals surface area contributed by atoms with Crippen molar-refractivity contribution >= 4 is 29.2 Å². The molecular formula is C18H19N3O5. The smallest absolute Gasteiger partial charge is 0.457 e. The lowest BCUT2D eigenvalue weighted by atomic mass is 9.97. The van der Waals surface area contributed by atoms with Crippen molar-refractivity contribution in [3.63, 3.8) is 0 Å².